The second-order valence-corrected chi connectivity index (χ2v) is 2.47. The van der Waals surface area contributed by atoms with E-state index in [-0.39, 0.29) is 0 Å². The molecular weight excluding hydrogens is 150 g/mol. The van der Waals surface area contributed by atoms with Crippen LogP contribution in [-0.2, 0) is 6.42 Å². The van der Waals surface area contributed by atoms with Crippen molar-refractivity contribution in [1.82, 2.24) is 4.98 Å². The molecule has 2 N–H and O–H groups in total. The van der Waals surface area contributed by atoms with Crippen LogP contribution in [0.5, 0.6) is 0 Å². The van der Waals surface area contributed by atoms with Gasteiger partial charge in [0.15, 0.2) is 0 Å². The highest BCUT2D eigenvalue weighted by Crippen LogP contribution is 2.15. The molecule has 0 aliphatic rings. The van der Waals surface area contributed by atoms with Crippen molar-refractivity contribution in [2.75, 3.05) is 12.4 Å². The van der Waals surface area contributed by atoms with Crippen molar-refractivity contribution in [2.24, 2.45) is 0 Å². The lowest BCUT2D eigenvalue weighted by molar-refractivity contribution is 1.03. The van der Waals surface area contributed by atoms with E-state index in [0.29, 0.717) is 0 Å². The van der Waals surface area contributed by atoms with Gasteiger partial charge >= 0.3 is 0 Å². The summed E-state index contributed by atoms with van der Waals surface area (Å²) in [6.07, 6.45) is 3.97. The summed E-state index contributed by atoms with van der Waals surface area (Å²) in [4.78, 5) is 4.19. The third-order valence-electron chi connectivity index (χ3n) is 1.82. The summed E-state index contributed by atoms with van der Waals surface area (Å²) in [5.41, 5.74) is 2.83. The molecule has 0 unspecified atom stereocenters. The van der Waals surface area contributed by atoms with Crippen molar-refractivity contribution in [3.8, 4) is 0 Å². The zero-order chi connectivity index (χ0) is 8.97. The molecule has 1 heterocycles. The van der Waals surface area contributed by atoms with Crippen LogP contribution < -0.4 is 5.32 Å². The van der Waals surface area contributed by atoms with Crippen LogP contribution in [0.2, 0.25) is 0 Å². The van der Waals surface area contributed by atoms with Crippen LogP contribution in [0.15, 0.2) is 12.3 Å². The molecule has 1 rings (SSSR count). The third-order valence-corrected chi connectivity index (χ3v) is 1.82. The monoisotopic (exact) mass is 163 g/mol. The number of anilines is 1. The summed E-state index contributed by atoms with van der Waals surface area (Å²) in [5.74, 6) is 0. The van der Waals surface area contributed by atoms with Crippen molar-refractivity contribution in [1.29, 1.82) is 5.41 Å². The zero-order valence-corrected chi connectivity index (χ0v) is 7.39. The van der Waals surface area contributed by atoms with Gasteiger partial charge in [0, 0.05) is 30.7 Å². The first kappa shape index (κ1) is 8.71. The van der Waals surface area contributed by atoms with E-state index in [2.05, 4.69) is 10.3 Å². The normalized spacial score (nSPS) is 9.50. The lowest BCUT2D eigenvalue weighted by atomic mass is 10.1. The molecule has 1 aromatic heterocycles. The largest absolute Gasteiger partial charge is 0.387 e. The predicted octanol–water partition coefficient (Wildman–Crippen LogP) is 1.68. The lowest BCUT2D eigenvalue weighted by Gasteiger charge is -2.07. The molecule has 1 aromatic rings. The number of hydrogen-bond acceptors (Lipinski definition) is 3. The highest BCUT2D eigenvalue weighted by atomic mass is 14.8. The lowest BCUT2D eigenvalue weighted by Crippen LogP contribution is -2.00. The molecule has 0 saturated heterocycles. The van der Waals surface area contributed by atoms with Gasteiger partial charge in [0.25, 0.3) is 0 Å². The summed E-state index contributed by atoms with van der Waals surface area (Å²) >= 11 is 0. The highest BCUT2D eigenvalue weighted by molar-refractivity contribution is 5.86. The van der Waals surface area contributed by atoms with Crippen LogP contribution in [0.3, 0.4) is 0 Å². The number of rotatable bonds is 3. The van der Waals surface area contributed by atoms with Gasteiger partial charge in [0.05, 0.1) is 5.69 Å². The van der Waals surface area contributed by atoms with E-state index >= 15 is 0 Å². The van der Waals surface area contributed by atoms with Gasteiger partial charge in [-0.15, -0.1) is 0 Å². The fourth-order valence-corrected chi connectivity index (χ4v) is 1.18. The van der Waals surface area contributed by atoms with E-state index in [9.17, 15) is 0 Å². The van der Waals surface area contributed by atoms with Crippen molar-refractivity contribution >= 4 is 11.9 Å². The standard InChI is InChI=1S/C9H13N3/c1-3-8-7(6-10)9(11-2)4-5-12-8/h4-6,10H,3H2,1-2H3,(H,11,12). The topological polar surface area (TPSA) is 48.8 Å². The average Bonchev–Trinajstić information content (AvgIpc) is 2.16. The average molecular weight is 163 g/mol. The molecule has 0 amide bonds. The summed E-state index contributed by atoms with van der Waals surface area (Å²) in [6, 6.07) is 1.87. The second-order valence-electron chi connectivity index (χ2n) is 2.47. The van der Waals surface area contributed by atoms with Gasteiger partial charge in [0.2, 0.25) is 0 Å². The van der Waals surface area contributed by atoms with Gasteiger partial charge in [-0.1, -0.05) is 6.92 Å². The Bertz CT molecular complexity index is 259. The molecule has 3 heteroatoms. The highest BCUT2D eigenvalue weighted by Gasteiger charge is 2.03. The van der Waals surface area contributed by atoms with Crippen molar-refractivity contribution in [3.05, 3.63) is 23.5 Å². The summed E-state index contributed by atoms with van der Waals surface area (Å²) < 4.78 is 0. The second kappa shape index (κ2) is 3.85. The third kappa shape index (κ3) is 1.44. The van der Waals surface area contributed by atoms with E-state index in [1.54, 1.807) is 6.20 Å². The number of hydrogen-bond donors (Lipinski definition) is 2. The molecule has 0 aromatic carbocycles. The van der Waals surface area contributed by atoms with Gasteiger partial charge in [-0.2, -0.15) is 0 Å². The fraction of sp³-hybridized carbons (Fsp3) is 0.333. The van der Waals surface area contributed by atoms with Gasteiger partial charge in [-0.25, -0.2) is 0 Å². The number of aryl methyl sites for hydroxylation is 1. The van der Waals surface area contributed by atoms with Gasteiger partial charge in [-0.05, 0) is 12.5 Å². The molecule has 0 aliphatic heterocycles. The molecule has 3 nitrogen and oxygen atoms in total. The first-order valence-electron chi connectivity index (χ1n) is 3.99. The van der Waals surface area contributed by atoms with E-state index in [4.69, 9.17) is 5.41 Å². The Labute approximate surface area is 72.3 Å². The van der Waals surface area contributed by atoms with Crippen LogP contribution in [0.25, 0.3) is 0 Å². The zero-order valence-electron chi connectivity index (χ0n) is 7.39. The Morgan fingerprint density at radius 2 is 2.42 bits per heavy atom. The molecule has 0 aliphatic carbocycles. The Hall–Kier alpha value is -1.38. The Kier molecular flexibility index (Phi) is 2.80. The quantitative estimate of drug-likeness (QED) is 0.666. The molecule has 0 atom stereocenters. The van der Waals surface area contributed by atoms with Crippen LogP contribution in [-0.4, -0.2) is 18.2 Å². The molecule has 0 spiro atoms. The predicted molar refractivity (Wildman–Crippen MR) is 51.0 cm³/mol. The van der Waals surface area contributed by atoms with Crippen molar-refractivity contribution in [3.63, 3.8) is 0 Å². The number of aromatic nitrogens is 1. The maximum atomic E-state index is 7.23. The maximum absolute atomic E-state index is 7.23. The maximum Gasteiger partial charge on any atom is 0.0509 e. The summed E-state index contributed by atoms with van der Waals surface area (Å²) in [5, 5.41) is 10.3. The molecule has 12 heavy (non-hydrogen) atoms. The molecule has 64 valence electrons. The van der Waals surface area contributed by atoms with Gasteiger partial charge < -0.3 is 10.7 Å². The number of nitrogens with zero attached hydrogens (tertiary/aromatic N) is 1. The molecule has 0 fully saturated rings. The van der Waals surface area contributed by atoms with E-state index in [1.807, 2.05) is 20.0 Å². The van der Waals surface area contributed by atoms with E-state index in [1.165, 1.54) is 6.21 Å². The summed E-state index contributed by atoms with van der Waals surface area (Å²) in [7, 11) is 1.85. The van der Waals surface area contributed by atoms with Gasteiger partial charge in [-0.3, -0.25) is 4.98 Å². The Morgan fingerprint density at radius 1 is 1.67 bits per heavy atom. The van der Waals surface area contributed by atoms with Crippen LogP contribution in [0.1, 0.15) is 18.2 Å². The minimum Gasteiger partial charge on any atom is -0.387 e. The van der Waals surface area contributed by atoms with Crippen LogP contribution >= 0.6 is 0 Å². The van der Waals surface area contributed by atoms with Crippen LogP contribution in [0.4, 0.5) is 5.69 Å². The summed E-state index contributed by atoms with van der Waals surface area (Å²) in [6.45, 7) is 2.04. The number of nitrogens with one attached hydrogen (secondary N) is 2. The Morgan fingerprint density at radius 3 is 2.92 bits per heavy atom. The minimum atomic E-state index is 0.861. The molecule has 0 bridgehead atoms. The van der Waals surface area contributed by atoms with E-state index in [0.717, 1.165) is 23.4 Å². The minimum absolute atomic E-state index is 0.861. The Balaban J connectivity index is 3.21. The number of pyridine rings is 1. The molecular formula is C9H13N3. The first-order chi connectivity index (χ1) is 5.83. The van der Waals surface area contributed by atoms with Gasteiger partial charge in [0.1, 0.15) is 0 Å². The molecule has 0 radical (unpaired) electrons. The fourth-order valence-electron chi connectivity index (χ4n) is 1.18. The van der Waals surface area contributed by atoms with E-state index < -0.39 is 0 Å². The van der Waals surface area contributed by atoms with Crippen molar-refractivity contribution < 1.29 is 0 Å². The SMILES string of the molecule is CCc1nccc(NC)c1C=N. The van der Waals surface area contributed by atoms with Crippen LogP contribution in [0, 0.1) is 5.41 Å². The molecule has 0 saturated carbocycles. The smallest absolute Gasteiger partial charge is 0.0509 e. The first-order valence-corrected chi connectivity index (χ1v) is 3.99. The van der Waals surface area contributed by atoms with Crippen molar-refractivity contribution in [2.45, 2.75) is 13.3 Å².